The second-order valence-corrected chi connectivity index (χ2v) is 4.16. The molecule has 0 aliphatic rings. The van der Waals surface area contributed by atoms with Crippen LogP contribution in [-0.4, -0.2) is 6.61 Å². The van der Waals surface area contributed by atoms with E-state index >= 15 is 0 Å². The molecule has 0 saturated carbocycles. The Morgan fingerprint density at radius 2 is 2.00 bits per heavy atom. The predicted octanol–water partition coefficient (Wildman–Crippen LogP) is 3.79. The van der Waals surface area contributed by atoms with Crippen LogP contribution in [0.5, 0.6) is 5.75 Å². The molecule has 0 aromatic heterocycles. The van der Waals surface area contributed by atoms with E-state index in [-0.39, 0.29) is 3.57 Å². The summed E-state index contributed by atoms with van der Waals surface area (Å²) < 4.78 is 41.3. The van der Waals surface area contributed by atoms with E-state index in [4.69, 9.17) is 0 Å². The molecular weight excluding hydrogens is 364 g/mol. The fraction of sp³-hybridized carbons (Fsp3) is 0.143. The first-order valence-corrected chi connectivity index (χ1v) is 4.97. The lowest BCUT2D eigenvalue weighted by molar-refractivity contribution is -0.0523. The van der Waals surface area contributed by atoms with Gasteiger partial charge in [0.1, 0.15) is 0 Å². The van der Waals surface area contributed by atoms with Crippen molar-refractivity contribution in [3.05, 3.63) is 26.0 Å². The summed E-state index contributed by atoms with van der Waals surface area (Å²) >= 11 is 4.73. The molecule has 0 amide bonds. The van der Waals surface area contributed by atoms with Crippen LogP contribution in [0.15, 0.2) is 16.6 Å². The van der Waals surface area contributed by atoms with Crippen molar-refractivity contribution >= 4 is 38.5 Å². The zero-order valence-corrected chi connectivity index (χ0v) is 9.77. The van der Waals surface area contributed by atoms with E-state index in [0.717, 1.165) is 6.07 Å². The fourth-order valence-electron chi connectivity index (χ4n) is 0.714. The van der Waals surface area contributed by atoms with Gasteiger partial charge in [-0.05, 0) is 34.7 Å². The van der Waals surface area contributed by atoms with Crippen molar-refractivity contribution in [2.45, 2.75) is 6.61 Å². The molecule has 1 nitrogen and oxygen atoms in total. The van der Waals surface area contributed by atoms with Gasteiger partial charge in [-0.25, -0.2) is 4.39 Å². The number of ether oxygens (including phenoxy) is 1. The minimum Gasteiger partial charge on any atom is -0.432 e. The lowest BCUT2D eigenvalue weighted by atomic mass is 10.3. The number of benzene rings is 1. The van der Waals surface area contributed by atoms with Crippen LogP contribution < -0.4 is 4.74 Å². The summed E-state index contributed by atoms with van der Waals surface area (Å²) in [7, 11) is 0. The minimum atomic E-state index is -3.01. The fourth-order valence-corrected chi connectivity index (χ4v) is 2.18. The molecule has 0 radical (unpaired) electrons. The van der Waals surface area contributed by atoms with Crippen molar-refractivity contribution in [1.29, 1.82) is 0 Å². The summed E-state index contributed by atoms with van der Waals surface area (Å²) in [5.74, 6) is -1.22. The van der Waals surface area contributed by atoms with Gasteiger partial charge in [-0.3, -0.25) is 0 Å². The van der Waals surface area contributed by atoms with Gasteiger partial charge in [0.05, 0.1) is 3.57 Å². The molecular formula is C7H3BrF3IO. The lowest BCUT2D eigenvalue weighted by Gasteiger charge is -2.06. The van der Waals surface area contributed by atoms with Gasteiger partial charge in [0.25, 0.3) is 0 Å². The molecule has 1 rings (SSSR count). The monoisotopic (exact) mass is 366 g/mol. The lowest BCUT2D eigenvalue weighted by Crippen LogP contribution is -2.04. The Balaban J connectivity index is 3.05. The van der Waals surface area contributed by atoms with Gasteiger partial charge >= 0.3 is 6.61 Å². The van der Waals surface area contributed by atoms with E-state index < -0.39 is 18.2 Å². The van der Waals surface area contributed by atoms with Crippen LogP contribution in [0.25, 0.3) is 0 Å². The van der Waals surface area contributed by atoms with Crippen LogP contribution in [0.2, 0.25) is 0 Å². The maximum Gasteiger partial charge on any atom is 0.387 e. The molecule has 0 spiro atoms. The molecule has 0 fully saturated rings. The summed E-state index contributed by atoms with van der Waals surface area (Å²) in [5.41, 5.74) is 0. The van der Waals surface area contributed by atoms with Crippen LogP contribution >= 0.6 is 38.5 Å². The van der Waals surface area contributed by atoms with E-state index in [1.165, 1.54) is 6.07 Å². The Morgan fingerprint density at radius 3 is 2.54 bits per heavy atom. The van der Waals surface area contributed by atoms with E-state index in [1.54, 1.807) is 22.6 Å². The van der Waals surface area contributed by atoms with Crippen molar-refractivity contribution in [1.82, 2.24) is 0 Å². The average molecular weight is 367 g/mol. The van der Waals surface area contributed by atoms with Gasteiger partial charge in [0, 0.05) is 4.47 Å². The maximum atomic E-state index is 13.1. The number of rotatable bonds is 2. The molecule has 1 aromatic rings. The largest absolute Gasteiger partial charge is 0.432 e. The number of hydrogen-bond donors (Lipinski definition) is 0. The van der Waals surface area contributed by atoms with Crippen LogP contribution in [0, 0.1) is 9.39 Å². The first kappa shape index (κ1) is 11.1. The molecule has 0 atom stereocenters. The Kier molecular flexibility index (Phi) is 3.84. The molecule has 13 heavy (non-hydrogen) atoms. The van der Waals surface area contributed by atoms with Crippen molar-refractivity contribution in [3.63, 3.8) is 0 Å². The van der Waals surface area contributed by atoms with Crippen molar-refractivity contribution in [2.24, 2.45) is 0 Å². The van der Waals surface area contributed by atoms with Gasteiger partial charge in [0.15, 0.2) is 11.6 Å². The van der Waals surface area contributed by atoms with E-state index in [2.05, 4.69) is 20.7 Å². The second-order valence-electron chi connectivity index (χ2n) is 2.08. The van der Waals surface area contributed by atoms with Gasteiger partial charge in [-0.2, -0.15) is 8.78 Å². The molecule has 0 bridgehead atoms. The van der Waals surface area contributed by atoms with Gasteiger partial charge in [-0.15, -0.1) is 0 Å². The summed E-state index contributed by atoms with van der Waals surface area (Å²) in [6.07, 6.45) is 0. The van der Waals surface area contributed by atoms with Crippen LogP contribution in [0.1, 0.15) is 0 Å². The minimum absolute atomic E-state index is 0.225. The van der Waals surface area contributed by atoms with Crippen LogP contribution in [0.3, 0.4) is 0 Å². The predicted molar refractivity (Wildman–Crippen MR) is 53.4 cm³/mol. The zero-order valence-electron chi connectivity index (χ0n) is 6.03. The molecule has 6 heteroatoms. The molecule has 0 unspecified atom stereocenters. The SMILES string of the molecule is Fc1c(I)cc(Br)cc1OC(F)F. The summed E-state index contributed by atoms with van der Waals surface area (Å²) in [6, 6.07) is 2.62. The Morgan fingerprint density at radius 1 is 1.38 bits per heavy atom. The van der Waals surface area contributed by atoms with Crippen molar-refractivity contribution < 1.29 is 17.9 Å². The van der Waals surface area contributed by atoms with Crippen molar-refractivity contribution in [3.8, 4) is 5.75 Å². The molecule has 0 heterocycles. The highest BCUT2D eigenvalue weighted by molar-refractivity contribution is 14.1. The summed E-state index contributed by atoms with van der Waals surface area (Å²) in [5, 5.41) is 0. The van der Waals surface area contributed by atoms with Gasteiger partial charge in [0.2, 0.25) is 0 Å². The molecule has 72 valence electrons. The number of hydrogen-bond acceptors (Lipinski definition) is 1. The topological polar surface area (TPSA) is 9.23 Å². The first-order chi connectivity index (χ1) is 6.00. The standard InChI is InChI=1S/C7H3BrF3IO/c8-3-1-4(12)6(9)5(2-3)13-7(10)11/h1-2,7H. The Labute approximate surface area is 94.5 Å². The zero-order chi connectivity index (χ0) is 10.0. The third kappa shape index (κ3) is 3.01. The van der Waals surface area contributed by atoms with Crippen LogP contribution in [-0.2, 0) is 0 Å². The summed E-state index contributed by atoms with van der Waals surface area (Å²) in [4.78, 5) is 0. The Bertz CT molecular complexity index is 319. The third-order valence-corrected chi connectivity index (χ3v) is 2.42. The molecule has 0 N–H and O–H groups in total. The van der Waals surface area contributed by atoms with E-state index in [1.807, 2.05) is 0 Å². The smallest absolute Gasteiger partial charge is 0.387 e. The molecule has 0 aliphatic carbocycles. The first-order valence-electron chi connectivity index (χ1n) is 3.10. The van der Waals surface area contributed by atoms with Gasteiger partial charge < -0.3 is 4.74 Å². The van der Waals surface area contributed by atoms with Crippen LogP contribution in [0.4, 0.5) is 13.2 Å². The molecule has 0 aliphatic heterocycles. The third-order valence-electron chi connectivity index (χ3n) is 1.18. The molecule has 0 saturated heterocycles. The van der Waals surface area contributed by atoms with Gasteiger partial charge in [-0.1, -0.05) is 15.9 Å². The average Bonchev–Trinajstić information content (AvgIpc) is 1.98. The van der Waals surface area contributed by atoms with E-state index in [9.17, 15) is 13.2 Å². The second kappa shape index (κ2) is 4.50. The molecule has 1 aromatic carbocycles. The number of halogens is 5. The summed E-state index contributed by atoms with van der Waals surface area (Å²) in [6.45, 7) is -3.01. The number of alkyl halides is 2. The van der Waals surface area contributed by atoms with E-state index in [0.29, 0.717) is 4.47 Å². The normalized spacial score (nSPS) is 10.6. The Hall–Kier alpha value is 0.0200. The quantitative estimate of drug-likeness (QED) is 0.571. The highest BCUT2D eigenvalue weighted by Crippen LogP contribution is 2.28. The highest BCUT2D eigenvalue weighted by Gasteiger charge is 2.13. The maximum absolute atomic E-state index is 13.1. The highest BCUT2D eigenvalue weighted by atomic mass is 127. The van der Waals surface area contributed by atoms with Crippen molar-refractivity contribution in [2.75, 3.05) is 0 Å².